The smallest absolute Gasteiger partial charge is 0.00204 e. The average molecular weight is 191 g/mol. The number of hydrogen-bond acceptors (Lipinski definition) is 1. The monoisotopic (exact) mass is 191 g/mol. The van der Waals surface area contributed by atoms with Gasteiger partial charge in [0, 0.05) is 0 Å². The molecule has 0 bridgehead atoms. The summed E-state index contributed by atoms with van der Waals surface area (Å²) < 4.78 is 0. The van der Waals surface area contributed by atoms with Gasteiger partial charge in [0.25, 0.3) is 0 Å². The molecular weight excluding hydrogens is 170 g/mol. The van der Waals surface area contributed by atoms with E-state index in [1.54, 1.807) is 0 Å². The van der Waals surface area contributed by atoms with Crippen molar-refractivity contribution in [1.82, 2.24) is 5.32 Å². The molecule has 0 spiro atoms. The third kappa shape index (κ3) is 3.93. The van der Waals surface area contributed by atoms with E-state index >= 15 is 0 Å². The van der Waals surface area contributed by atoms with Crippen LogP contribution in [0.5, 0.6) is 0 Å². The topological polar surface area (TPSA) is 12.0 Å². The molecule has 0 aliphatic carbocycles. The van der Waals surface area contributed by atoms with Crippen LogP contribution in [0.2, 0.25) is 0 Å². The van der Waals surface area contributed by atoms with Gasteiger partial charge in [0.05, 0.1) is 0 Å². The summed E-state index contributed by atoms with van der Waals surface area (Å²) in [7, 11) is 0. The summed E-state index contributed by atoms with van der Waals surface area (Å²) in [4.78, 5) is 0. The zero-order chi connectivity index (χ0) is 10.2. The first-order chi connectivity index (χ1) is 6.86. The second kappa shape index (κ2) is 6.61. The van der Waals surface area contributed by atoms with Gasteiger partial charge in [-0.15, -0.1) is 0 Å². The zero-order valence-corrected chi connectivity index (χ0v) is 8.97. The normalized spacial score (nSPS) is 23.1. The SMILES string of the molecule is C=C/C=C(\C=C)CCC1CCCNC1. The van der Waals surface area contributed by atoms with Gasteiger partial charge in [0.2, 0.25) is 0 Å². The molecule has 1 nitrogen and oxygen atoms in total. The van der Waals surface area contributed by atoms with E-state index in [-0.39, 0.29) is 0 Å². The second-order valence-electron chi connectivity index (χ2n) is 3.93. The molecule has 0 amide bonds. The lowest BCUT2D eigenvalue weighted by Crippen LogP contribution is -2.29. The van der Waals surface area contributed by atoms with Crippen LogP contribution >= 0.6 is 0 Å². The molecule has 0 aromatic heterocycles. The van der Waals surface area contributed by atoms with Crippen LogP contribution in [0.15, 0.2) is 37.0 Å². The fourth-order valence-corrected chi connectivity index (χ4v) is 1.95. The summed E-state index contributed by atoms with van der Waals surface area (Å²) in [6.07, 6.45) is 11.0. The molecule has 14 heavy (non-hydrogen) atoms. The first kappa shape index (κ1) is 11.3. The molecule has 1 heteroatoms. The average Bonchev–Trinajstić information content (AvgIpc) is 2.25. The van der Waals surface area contributed by atoms with E-state index in [4.69, 9.17) is 0 Å². The summed E-state index contributed by atoms with van der Waals surface area (Å²) in [6, 6.07) is 0. The molecule has 1 N–H and O–H groups in total. The highest BCUT2D eigenvalue weighted by Crippen LogP contribution is 2.19. The molecule has 1 unspecified atom stereocenters. The Morgan fingerprint density at radius 2 is 2.29 bits per heavy atom. The van der Waals surface area contributed by atoms with Crippen molar-refractivity contribution in [2.24, 2.45) is 5.92 Å². The van der Waals surface area contributed by atoms with Gasteiger partial charge in [0.15, 0.2) is 0 Å². The third-order valence-electron chi connectivity index (χ3n) is 2.83. The van der Waals surface area contributed by atoms with Gasteiger partial charge < -0.3 is 5.32 Å². The van der Waals surface area contributed by atoms with Gasteiger partial charge in [-0.05, 0) is 50.3 Å². The number of allylic oxidation sites excluding steroid dienone is 4. The molecule has 78 valence electrons. The van der Waals surface area contributed by atoms with Crippen molar-refractivity contribution >= 4 is 0 Å². The van der Waals surface area contributed by atoms with Gasteiger partial charge in [-0.3, -0.25) is 0 Å². The van der Waals surface area contributed by atoms with Crippen molar-refractivity contribution in [3.63, 3.8) is 0 Å². The fraction of sp³-hybridized carbons (Fsp3) is 0.538. The van der Waals surface area contributed by atoms with Gasteiger partial charge in [-0.2, -0.15) is 0 Å². The summed E-state index contributed by atoms with van der Waals surface area (Å²) >= 11 is 0. The van der Waals surface area contributed by atoms with Crippen molar-refractivity contribution in [2.75, 3.05) is 13.1 Å². The summed E-state index contributed by atoms with van der Waals surface area (Å²) in [5.74, 6) is 0.858. The Balaban J connectivity index is 2.26. The van der Waals surface area contributed by atoms with E-state index in [0.717, 1.165) is 12.3 Å². The molecule has 1 aliphatic heterocycles. The van der Waals surface area contributed by atoms with Gasteiger partial charge in [0.1, 0.15) is 0 Å². The van der Waals surface area contributed by atoms with Crippen molar-refractivity contribution in [1.29, 1.82) is 0 Å². The molecule has 1 fully saturated rings. The second-order valence-corrected chi connectivity index (χ2v) is 3.93. The van der Waals surface area contributed by atoms with E-state index in [9.17, 15) is 0 Å². The zero-order valence-electron chi connectivity index (χ0n) is 8.97. The van der Waals surface area contributed by atoms with Crippen molar-refractivity contribution in [3.05, 3.63) is 37.0 Å². The first-order valence-electron chi connectivity index (χ1n) is 5.51. The maximum absolute atomic E-state index is 3.81. The number of nitrogens with one attached hydrogen (secondary N) is 1. The van der Waals surface area contributed by atoms with Crippen LogP contribution in [0.25, 0.3) is 0 Å². The highest BCUT2D eigenvalue weighted by molar-refractivity contribution is 5.20. The molecule has 1 aliphatic rings. The van der Waals surface area contributed by atoms with Crippen molar-refractivity contribution in [2.45, 2.75) is 25.7 Å². The maximum Gasteiger partial charge on any atom is -0.00204 e. The lowest BCUT2D eigenvalue weighted by atomic mass is 9.92. The molecule has 1 saturated heterocycles. The highest BCUT2D eigenvalue weighted by atomic mass is 14.9. The predicted molar refractivity (Wildman–Crippen MR) is 63.3 cm³/mol. The fourth-order valence-electron chi connectivity index (χ4n) is 1.95. The number of piperidine rings is 1. The Morgan fingerprint density at radius 1 is 1.43 bits per heavy atom. The van der Waals surface area contributed by atoms with Gasteiger partial charge >= 0.3 is 0 Å². The summed E-state index contributed by atoms with van der Waals surface area (Å²) in [6.45, 7) is 9.91. The van der Waals surface area contributed by atoms with Crippen LogP contribution in [0, 0.1) is 5.92 Å². The van der Waals surface area contributed by atoms with Crippen molar-refractivity contribution in [3.8, 4) is 0 Å². The minimum atomic E-state index is 0.858. The van der Waals surface area contributed by atoms with Gasteiger partial charge in [-0.25, -0.2) is 0 Å². The Bertz CT molecular complexity index is 209. The molecule has 0 aromatic carbocycles. The first-order valence-corrected chi connectivity index (χ1v) is 5.51. The Morgan fingerprint density at radius 3 is 2.86 bits per heavy atom. The Hall–Kier alpha value is -0.820. The molecule has 0 aromatic rings. The van der Waals surface area contributed by atoms with E-state index in [1.807, 2.05) is 12.2 Å². The van der Waals surface area contributed by atoms with Crippen LogP contribution < -0.4 is 5.32 Å². The largest absolute Gasteiger partial charge is 0.316 e. The standard InChI is InChI=1S/C13H21N/c1-3-6-12(4-2)8-9-13-7-5-10-14-11-13/h3-4,6,13-14H,1-2,5,7-11H2/b12-6+. The quantitative estimate of drug-likeness (QED) is 0.659. The van der Waals surface area contributed by atoms with Crippen LogP contribution in [0.1, 0.15) is 25.7 Å². The highest BCUT2D eigenvalue weighted by Gasteiger charge is 2.12. The lowest BCUT2D eigenvalue weighted by molar-refractivity contribution is 0.358. The lowest BCUT2D eigenvalue weighted by Gasteiger charge is -2.22. The molecule has 0 saturated carbocycles. The molecule has 1 heterocycles. The van der Waals surface area contributed by atoms with E-state index in [1.165, 1.54) is 37.9 Å². The van der Waals surface area contributed by atoms with Crippen LogP contribution in [0.4, 0.5) is 0 Å². The molecular formula is C13H21N. The summed E-state index contributed by atoms with van der Waals surface area (Å²) in [5.41, 5.74) is 1.31. The van der Waals surface area contributed by atoms with Crippen LogP contribution in [-0.2, 0) is 0 Å². The van der Waals surface area contributed by atoms with E-state index in [2.05, 4.69) is 24.6 Å². The Kier molecular flexibility index (Phi) is 5.31. The Labute approximate surface area is 87.6 Å². The summed E-state index contributed by atoms with van der Waals surface area (Å²) in [5, 5.41) is 3.44. The van der Waals surface area contributed by atoms with E-state index < -0.39 is 0 Å². The molecule has 1 rings (SSSR count). The molecule has 0 radical (unpaired) electrons. The maximum atomic E-state index is 3.81. The molecule has 1 atom stereocenters. The van der Waals surface area contributed by atoms with E-state index in [0.29, 0.717) is 0 Å². The number of hydrogen-bond donors (Lipinski definition) is 1. The minimum Gasteiger partial charge on any atom is -0.316 e. The van der Waals surface area contributed by atoms with Gasteiger partial charge in [-0.1, -0.05) is 31.4 Å². The van der Waals surface area contributed by atoms with Crippen LogP contribution in [-0.4, -0.2) is 13.1 Å². The van der Waals surface area contributed by atoms with Crippen molar-refractivity contribution < 1.29 is 0 Å². The predicted octanol–water partition coefficient (Wildman–Crippen LogP) is 3.06. The third-order valence-corrected chi connectivity index (χ3v) is 2.83. The van der Waals surface area contributed by atoms with Crippen LogP contribution in [0.3, 0.4) is 0 Å². The minimum absolute atomic E-state index is 0.858. The number of rotatable bonds is 5.